The Morgan fingerprint density at radius 1 is 1.33 bits per heavy atom. The van der Waals surface area contributed by atoms with E-state index < -0.39 is 5.97 Å². The smallest absolute Gasteiger partial charge is 0.338 e. The van der Waals surface area contributed by atoms with Gasteiger partial charge in [-0.15, -0.1) is 0 Å². The summed E-state index contributed by atoms with van der Waals surface area (Å²) in [4.78, 5) is 23.1. The first-order valence-corrected chi connectivity index (χ1v) is 5.89. The van der Waals surface area contributed by atoms with Crippen molar-refractivity contribution >= 4 is 23.5 Å². The third kappa shape index (κ3) is 5.19. The second-order valence-corrected chi connectivity index (χ2v) is 5.32. The SMILES string of the molecule is CC(C)(C)NC(=O)COC(=O)c1cccc(Cl)c1. The molecule has 0 unspecified atom stereocenters. The molecule has 5 heteroatoms. The monoisotopic (exact) mass is 269 g/mol. The summed E-state index contributed by atoms with van der Waals surface area (Å²) in [5.41, 5.74) is -0.0226. The van der Waals surface area contributed by atoms with Crippen molar-refractivity contribution in [3.63, 3.8) is 0 Å². The predicted molar refractivity (Wildman–Crippen MR) is 69.6 cm³/mol. The normalized spacial score (nSPS) is 10.9. The van der Waals surface area contributed by atoms with Crippen LogP contribution in [0.2, 0.25) is 5.02 Å². The zero-order valence-corrected chi connectivity index (χ0v) is 11.4. The van der Waals surface area contributed by atoms with Crippen LogP contribution in [0.4, 0.5) is 0 Å². The van der Waals surface area contributed by atoms with Crippen LogP contribution in [0.25, 0.3) is 0 Å². The van der Waals surface area contributed by atoms with E-state index in [9.17, 15) is 9.59 Å². The standard InChI is InChI=1S/C13H16ClNO3/c1-13(2,3)15-11(16)8-18-12(17)9-5-4-6-10(14)7-9/h4-7H,8H2,1-3H3,(H,15,16). The van der Waals surface area contributed by atoms with Gasteiger partial charge in [-0.3, -0.25) is 4.79 Å². The van der Waals surface area contributed by atoms with Crippen molar-refractivity contribution in [2.24, 2.45) is 0 Å². The number of carbonyl (C=O) groups excluding carboxylic acids is 2. The molecule has 1 amide bonds. The van der Waals surface area contributed by atoms with E-state index in [0.717, 1.165) is 0 Å². The first-order valence-electron chi connectivity index (χ1n) is 5.51. The Labute approximate surface area is 111 Å². The molecule has 0 fully saturated rings. The van der Waals surface area contributed by atoms with Gasteiger partial charge in [-0.1, -0.05) is 17.7 Å². The Morgan fingerprint density at radius 2 is 2.00 bits per heavy atom. The molecular formula is C13H16ClNO3. The minimum Gasteiger partial charge on any atom is -0.452 e. The summed E-state index contributed by atoms with van der Waals surface area (Å²) < 4.78 is 4.88. The van der Waals surface area contributed by atoms with Gasteiger partial charge in [0.15, 0.2) is 6.61 Å². The number of hydrogen-bond donors (Lipinski definition) is 1. The van der Waals surface area contributed by atoms with E-state index >= 15 is 0 Å². The van der Waals surface area contributed by atoms with Gasteiger partial charge in [-0.05, 0) is 39.0 Å². The number of esters is 1. The van der Waals surface area contributed by atoms with E-state index in [1.807, 2.05) is 20.8 Å². The molecule has 1 aromatic rings. The fraction of sp³-hybridized carbons (Fsp3) is 0.385. The molecule has 98 valence electrons. The summed E-state index contributed by atoms with van der Waals surface area (Å²) in [7, 11) is 0. The first kappa shape index (κ1) is 14.5. The molecule has 0 radical (unpaired) electrons. The highest BCUT2D eigenvalue weighted by molar-refractivity contribution is 6.30. The summed E-state index contributed by atoms with van der Waals surface area (Å²) in [5, 5.41) is 3.14. The molecule has 0 atom stereocenters. The van der Waals surface area contributed by atoms with Crippen LogP contribution in [-0.4, -0.2) is 24.0 Å². The molecule has 4 nitrogen and oxygen atoms in total. The maximum absolute atomic E-state index is 11.6. The van der Waals surface area contributed by atoms with Gasteiger partial charge in [0, 0.05) is 10.6 Å². The van der Waals surface area contributed by atoms with Crippen molar-refractivity contribution in [3.8, 4) is 0 Å². The molecule has 1 N–H and O–H groups in total. The lowest BCUT2D eigenvalue weighted by atomic mass is 10.1. The number of rotatable bonds is 3. The summed E-state index contributed by atoms with van der Waals surface area (Å²) in [6.45, 7) is 5.25. The fourth-order valence-corrected chi connectivity index (χ4v) is 1.47. The largest absolute Gasteiger partial charge is 0.452 e. The Hall–Kier alpha value is -1.55. The van der Waals surface area contributed by atoms with Crippen LogP contribution in [0.5, 0.6) is 0 Å². The van der Waals surface area contributed by atoms with Crippen molar-refractivity contribution in [2.45, 2.75) is 26.3 Å². The van der Waals surface area contributed by atoms with Gasteiger partial charge in [0.25, 0.3) is 5.91 Å². The van der Waals surface area contributed by atoms with Gasteiger partial charge in [0.2, 0.25) is 0 Å². The van der Waals surface area contributed by atoms with Crippen molar-refractivity contribution in [2.75, 3.05) is 6.61 Å². The molecule has 1 rings (SSSR count). The third-order valence-electron chi connectivity index (χ3n) is 1.91. The van der Waals surface area contributed by atoms with Gasteiger partial charge >= 0.3 is 5.97 Å². The van der Waals surface area contributed by atoms with Crippen molar-refractivity contribution in [3.05, 3.63) is 34.9 Å². The summed E-state index contributed by atoms with van der Waals surface area (Å²) in [6.07, 6.45) is 0. The molecule has 18 heavy (non-hydrogen) atoms. The molecule has 0 aromatic heterocycles. The second-order valence-electron chi connectivity index (χ2n) is 4.88. The van der Waals surface area contributed by atoms with Gasteiger partial charge in [0.05, 0.1) is 5.56 Å². The van der Waals surface area contributed by atoms with Gasteiger partial charge in [-0.25, -0.2) is 4.79 Å². The van der Waals surface area contributed by atoms with E-state index in [1.54, 1.807) is 18.2 Å². The molecule has 0 saturated heterocycles. The van der Waals surface area contributed by atoms with Crippen molar-refractivity contribution in [1.29, 1.82) is 0 Å². The number of carbonyl (C=O) groups is 2. The molecule has 0 aliphatic carbocycles. The maximum Gasteiger partial charge on any atom is 0.338 e. The predicted octanol–water partition coefficient (Wildman–Crippen LogP) is 2.41. The first-order chi connectivity index (χ1) is 8.28. The lowest BCUT2D eigenvalue weighted by Crippen LogP contribution is -2.42. The number of benzene rings is 1. The summed E-state index contributed by atoms with van der Waals surface area (Å²) >= 11 is 5.75. The number of ether oxygens (including phenoxy) is 1. The second kappa shape index (κ2) is 5.87. The van der Waals surface area contributed by atoms with Crippen LogP contribution >= 0.6 is 11.6 Å². The fourth-order valence-electron chi connectivity index (χ4n) is 1.28. The number of amides is 1. The average Bonchev–Trinajstić information content (AvgIpc) is 2.23. The van der Waals surface area contributed by atoms with E-state index in [4.69, 9.17) is 16.3 Å². The Bertz CT molecular complexity index is 452. The molecule has 0 aliphatic rings. The van der Waals surface area contributed by atoms with Crippen LogP contribution < -0.4 is 5.32 Å². The number of nitrogens with one attached hydrogen (secondary N) is 1. The van der Waals surface area contributed by atoms with Crippen LogP contribution in [0, 0.1) is 0 Å². The maximum atomic E-state index is 11.6. The molecule has 0 aliphatic heterocycles. The molecular weight excluding hydrogens is 254 g/mol. The number of halogens is 1. The van der Waals surface area contributed by atoms with E-state index in [0.29, 0.717) is 10.6 Å². The Kier molecular flexibility index (Phi) is 4.73. The van der Waals surface area contributed by atoms with E-state index in [2.05, 4.69) is 5.32 Å². The third-order valence-corrected chi connectivity index (χ3v) is 2.14. The lowest BCUT2D eigenvalue weighted by molar-refractivity contribution is -0.125. The lowest BCUT2D eigenvalue weighted by Gasteiger charge is -2.20. The highest BCUT2D eigenvalue weighted by Gasteiger charge is 2.15. The molecule has 0 spiro atoms. The van der Waals surface area contributed by atoms with Crippen LogP contribution in [-0.2, 0) is 9.53 Å². The zero-order chi connectivity index (χ0) is 13.8. The van der Waals surface area contributed by atoms with E-state index in [-0.39, 0.29) is 18.1 Å². The topological polar surface area (TPSA) is 55.4 Å². The minimum atomic E-state index is -0.568. The highest BCUT2D eigenvalue weighted by Crippen LogP contribution is 2.11. The highest BCUT2D eigenvalue weighted by atomic mass is 35.5. The van der Waals surface area contributed by atoms with Crippen LogP contribution in [0.1, 0.15) is 31.1 Å². The Morgan fingerprint density at radius 3 is 2.56 bits per heavy atom. The van der Waals surface area contributed by atoms with Gasteiger partial charge in [-0.2, -0.15) is 0 Å². The summed E-state index contributed by atoms with van der Waals surface area (Å²) in [6, 6.07) is 6.38. The van der Waals surface area contributed by atoms with Crippen LogP contribution in [0.3, 0.4) is 0 Å². The molecule has 0 bridgehead atoms. The van der Waals surface area contributed by atoms with Crippen molar-refractivity contribution in [1.82, 2.24) is 5.32 Å². The molecule has 0 saturated carbocycles. The zero-order valence-electron chi connectivity index (χ0n) is 10.6. The molecule has 1 aromatic carbocycles. The minimum absolute atomic E-state index is 0.303. The van der Waals surface area contributed by atoms with Crippen molar-refractivity contribution < 1.29 is 14.3 Å². The van der Waals surface area contributed by atoms with E-state index in [1.165, 1.54) is 6.07 Å². The van der Waals surface area contributed by atoms with Gasteiger partial charge in [0.1, 0.15) is 0 Å². The molecule has 0 heterocycles. The van der Waals surface area contributed by atoms with Crippen LogP contribution in [0.15, 0.2) is 24.3 Å². The number of hydrogen-bond acceptors (Lipinski definition) is 3. The summed E-state index contributed by atoms with van der Waals surface area (Å²) in [5.74, 6) is -0.903. The quantitative estimate of drug-likeness (QED) is 0.858. The Balaban J connectivity index is 2.49. The average molecular weight is 270 g/mol. The van der Waals surface area contributed by atoms with Gasteiger partial charge < -0.3 is 10.1 Å².